The summed E-state index contributed by atoms with van der Waals surface area (Å²) in [6.45, 7) is 2.55. The molecule has 0 radical (unpaired) electrons. The van der Waals surface area contributed by atoms with Crippen LogP contribution >= 0.6 is 0 Å². The van der Waals surface area contributed by atoms with Gasteiger partial charge in [0.2, 0.25) is 10.0 Å². The Hall–Kier alpha value is -1.02. The van der Waals surface area contributed by atoms with Gasteiger partial charge in [-0.3, -0.25) is 4.98 Å². The number of nitrogens with zero attached hydrogens (tertiary/aromatic N) is 2. The Morgan fingerprint density at radius 3 is 2.95 bits per heavy atom. The van der Waals surface area contributed by atoms with E-state index in [2.05, 4.69) is 4.98 Å². The van der Waals surface area contributed by atoms with Gasteiger partial charge in [-0.15, -0.1) is 0 Å². The fraction of sp³-hybridized carbons (Fsp3) is 0.583. The summed E-state index contributed by atoms with van der Waals surface area (Å²) in [7, 11) is -3.57. The molecule has 1 saturated heterocycles. The van der Waals surface area contributed by atoms with E-state index in [1.807, 2.05) is 0 Å². The number of nitrogens with two attached hydrogens (primary N) is 1. The van der Waals surface area contributed by atoms with Crippen molar-refractivity contribution in [3.8, 4) is 0 Å². The standard InChI is InChI=1S/C12H19N3O3S/c1-9(16)10-4-6-15(8-10)19(17,18)12-3-2-5-14-11(12)7-13/h2-3,5,9-10,16H,4,6-8,13H2,1H3. The SMILES string of the molecule is CC(O)C1CCN(S(=O)(=O)c2cccnc2CN)C1. The van der Waals surface area contributed by atoms with E-state index in [0.717, 1.165) is 0 Å². The number of aliphatic hydroxyl groups excluding tert-OH is 1. The Kier molecular flexibility index (Phi) is 4.19. The fourth-order valence-electron chi connectivity index (χ4n) is 2.32. The summed E-state index contributed by atoms with van der Waals surface area (Å²) in [6, 6.07) is 3.12. The second-order valence-corrected chi connectivity index (χ2v) is 6.71. The fourth-order valence-corrected chi connectivity index (χ4v) is 4.01. The van der Waals surface area contributed by atoms with Crippen molar-refractivity contribution in [2.75, 3.05) is 13.1 Å². The molecule has 2 heterocycles. The molecule has 0 aliphatic carbocycles. The van der Waals surface area contributed by atoms with Gasteiger partial charge in [0, 0.05) is 25.8 Å². The molecule has 2 atom stereocenters. The molecule has 6 nitrogen and oxygen atoms in total. The van der Waals surface area contributed by atoms with Gasteiger partial charge < -0.3 is 10.8 Å². The number of hydrogen-bond donors (Lipinski definition) is 2. The first-order chi connectivity index (χ1) is 8.96. The Balaban J connectivity index is 2.29. The Bertz CT molecular complexity index is 545. The van der Waals surface area contributed by atoms with Crippen LogP contribution in [-0.4, -0.2) is 42.0 Å². The zero-order valence-electron chi connectivity index (χ0n) is 10.9. The molecule has 0 spiro atoms. The summed E-state index contributed by atoms with van der Waals surface area (Å²) >= 11 is 0. The Morgan fingerprint density at radius 2 is 2.37 bits per heavy atom. The maximum Gasteiger partial charge on any atom is 0.244 e. The lowest BCUT2D eigenvalue weighted by Gasteiger charge is -2.18. The summed E-state index contributed by atoms with van der Waals surface area (Å²) < 4.78 is 26.5. The van der Waals surface area contributed by atoms with Crippen molar-refractivity contribution in [3.05, 3.63) is 24.0 Å². The van der Waals surface area contributed by atoms with E-state index in [1.165, 1.54) is 16.6 Å². The van der Waals surface area contributed by atoms with E-state index in [9.17, 15) is 13.5 Å². The topological polar surface area (TPSA) is 96.5 Å². The van der Waals surface area contributed by atoms with Crippen molar-refractivity contribution in [1.82, 2.24) is 9.29 Å². The summed E-state index contributed by atoms with van der Waals surface area (Å²) in [6.07, 6.45) is 1.71. The first-order valence-corrected chi connectivity index (χ1v) is 7.73. The highest BCUT2D eigenvalue weighted by atomic mass is 32.2. The zero-order valence-corrected chi connectivity index (χ0v) is 11.7. The lowest BCUT2D eigenvalue weighted by atomic mass is 10.0. The van der Waals surface area contributed by atoms with Gasteiger partial charge in [-0.1, -0.05) is 0 Å². The molecule has 1 aromatic heterocycles. The number of sulfonamides is 1. The van der Waals surface area contributed by atoms with Gasteiger partial charge >= 0.3 is 0 Å². The van der Waals surface area contributed by atoms with Crippen LogP contribution in [0, 0.1) is 5.92 Å². The van der Waals surface area contributed by atoms with Crippen LogP contribution in [-0.2, 0) is 16.6 Å². The molecule has 0 bridgehead atoms. The quantitative estimate of drug-likeness (QED) is 0.807. The van der Waals surface area contributed by atoms with Crippen LogP contribution in [0.2, 0.25) is 0 Å². The Morgan fingerprint density at radius 1 is 1.63 bits per heavy atom. The molecule has 19 heavy (non-hydrogen) atoms. The maximum atomic E-state index is 12.5. The largest absolute Gasteiger partial charge is 0.393 e. The van der Waals surface area contributed by atoms with Crippen LogP contribution in [0.25, 0.3) is 0 Å². The molecule has 2 unspecified atom stereocenters. The molecule has 3 N–H and O–H groups in total. The molecule has 0 aromatic carbocycles. The van der Waals surface area contributed by atoms with E-state index in [0.29, 0.717) is 25.2 Å². The van der Waals surface area contributed by atoms with Crippen LogP contribution in [0.15, 0.2) is 23.2 Å². The predicted octanol–water partition coefficient (Wildman–Crippen LogP) is -0.0683. The van der Waals surface area contributed by atoms with Crippen molar-refractivity contribution >= 4 is 10.0 Å². The molecule has 1 fully saturated rings. The second kappa shape index (κ2) is 5.54. The summed E-state index contributed by atoms with van der Waals surface area (Å²) in [5, 5.41) is 9.55. The summed E-state index contributed by atoms with van der Waals surface area (Å²) in [4.78, 5) is 4.18. The smallest absolute Gasteiger partial charge is 0.244 e. The molecule has 2 rings (SSSR count). The highest BCUT2D eigenvalue weighted by Gasteiger charge is 2.35. The molecule has 7 heteroatoms. The van der Waals surface area contributed by atoms with Crippen molar-refractivity contribution < 1.29 is 13.5 Å². The number of aliphatic hydroxyl groups is 1. The van der Waals surface area contributed by atoms with Gasteiger partial charge in [0.15, 0.2) is 0 Å². The third-order valence-electron chi connectivity index (χ3n) is 3.53. The molecule has 1 aromatic rings. The predicted molar refractivity (Wildman–Crippen MR) is 70.7 cm³/mol. The number of rotatable bonds is 4. The normalized spacial score (nSPS) is 22.6. The third-order valence-corrected chi connectivity index (χ3v) is 5.47. The molecule has 1 aliphatic rings. The average Bonchev–Trinajstić information content (AvgIpc) is 2.89. The van der Waals surface area contributed by atoms with E-state index >= 15 is 0 Å². The number of pyridine rings is 1. The van der Waals surface area contributed by atoms with Gasteiger partial charge in [0.05, 0.1) is 11.8 Å². The summed E-state index contributed by atoms with van der Waals surface area (Å²) in [5.74, 6) is -0.00669. The van der Waals surface area contributed by atoms with E-state index in [1.54, 1.807) is 13.0 Å². The molecular weight excluding hydrogens is 266 g/mol. The highest BCUT2D eigenvalue weighted by Crippen LogP contribution is 2.27. The van der Waals surface area contributed by atoms with Crippen molar-refractivity contribution in [3.63, 3.8) is 0 Å². The third kappa shape index (κ3) is 2.79. The molecule has 106 valence electrons. The lowest BCUT2D eigenvalue weighted by Crippen LogP contribution is -2.31. The monoisotopic (exact) mass is 285 g/mol. The number of hydrogen-bond acceptors (Lipinski definition) is 5. The van der Waals surface area contributed by atoms with Gasteiger partial charge in [0.1, 0.15) is 4.90 Å². The van der Waals surface area contributed by atoms with Crippen LogP contribution in [0.5, 0.6) is 0 Å². The van der Waals surface area contributed by atoms with Crippen LogP contribution in [0.3, 0.4) is 0 Å². The van der Waals surface area contributed by atoms with Crippen LogP contribution in [0.4, 0.5) is 0 Å². The summed E-state index contributed by atoms with van der Waals surface area (Å²) in [5.41, 5.74) is 5.91. The van der Waals surface area contributed by atoms with E-state index in [-0.39, 0.29) is 17.4 Å². The minimum Gasteiger partial charge on any atom is -0.393 e. The van der Waals surface area contributed by atoms with Crippen LogP contribution in [0.1, 0.15) is 19.0 Å². The highest BCUT2D eigenvalue weighted by molar-refractivity contribution is 7.89. The first-order valence-electron chi connectivity index (χ1n) is 6.29. The van der Waals surface area contributed by atoms with Gasteiger partial charge in [-0.2, -0.15) is 4.31 Å². The van der Waals surface area contributed by atoms with E-state index in [4.69, 9.17) is 5.73 Å². The zero-order chi connectivity index (χ0) is 14.0. The van der Waals surface area contributed by atoms with Crippen LogP contribution < -0.4 is 5.73 Å². The average molecular weight is 285 g/mol. The Labute approximate surface area is 113 Å². The molecule has 0 saturated carbocycles. The van der Waals surface area contributed by atoms with E-state index < -0.39 is 16.1 Å². The van der Waals surface area contributed by atoms with Crippen molar-refractivity contribution in [2.24, 2.45) is 11.7 Å². The minimum atomic E-state index is -3.57. The first kappa shape index (κ1) is 14.4. The van der Waals surface area contributed by atoms with Gasteiger partial charge in [0.25, 0.3) is 0 Å². The van der Waals surface area contributed by atoms with Crippen molar-refractivity contribution in [1.29, 1.82) is 0 Å². The molecule has 0 amide bonds. The van der Waals surface area contributed by atoms with Crippen molar-refractivity contribution in [2.45, 2.75) is 30.9 Å². The minimum absolute atomic E-state index is 0.00669. The second-order valence-electron chi connectivity index (χ2n) is 4.80. The molecule has 1 aliphatic heterocycles. The van der Waals surface area contributed by atoms with Gasteiger partial charge in [-0.25, -0.2) is 8.42 Å². The lowest BCUT2D eigenvalue weighted by molar-refractivity contribution is 0.133. The number of aromatic nitrogens is 1. The molecular formula is C12H19N3O3S. The van der Waals surface area contributed by atoms with Gasteiger partial charge in [-0.05, 0) is 31.4 Å². The maximum absolute atomic E-state index is 12.5.